The number of carbonyl (C=O) groups is 1. The molecule has 1 saturated heterocycles. The molecule has 2 aromatic rings. The molecule has 0 amide bonds. The number of benzene rings is 1. The number of nitrogens with zero attached hydrogens (tertiary/aromatic N) is 3. The van der Waals surface area contributed by atoms with Crippen molar-refractivity contribution in [2.45, 2.75) is 32.2 Å². The van der Waals surface area contributed by atoms with E-state index in [9.17, 15) is 9.90 Å². The van der Waals surface area contributed by atoms with E-state index in [0.717, 1.165) is 24.5 Å². The minimum absolute atomic E-state index is 0.208. The fraction of sp³-hybridized carbons (Fsp3) is 0.389. The molecule has 0 bridgehead atoms. The third kappa shape index (κ3) is 3.24. The van der Waals surface area contributed by atoms with Gasteiger partial charge in [-0.25, -0.2) is 14.8 Å². The van der Waals surface area contributed by atoms with Gasteiger partial charge in [0.1, 0.15) is 5.82 Å². The first-order chi connectivity index (χ1) is 11.1. The highest BCUT2D eigenvalue weighted by atomic mass is 16.4. The van der Waals surface area contributed by atoms with Gasteiger partial charge >= 0.3 is 5.97 Å². The van der Waals surface area contributed by atoms with Crippen molar-refractivity contribution in [2.24, 2.45) is 0 Å². The molecule has 1 aromatic carbocycles. The van der Waals surface area contributed by atoms with Gasteiger partial charge in [0.15, 0.2) is 0 Å². The van der Waals surface area contributed by atoms with Crippen molar-refractivity contribution in [3.05, 3.63) is 47.4 Å². The second-order valence-corrected chi connectivity index (χ2v) is 6.10. The summed E-state index contributed by atoms with van der Waals surface area (Å²) in [4.78, 5) is 23.1. The Kier molecular flexibility index (Phi) is 4.39. The summed E-state index contributed by atoms with van der Waals surface area (Å²) in [6.07, 6.45) is 3.42. The average Bonchev–Trinajstić information content (AvgIpc) is 2.54. The number of aryl methyl sites for hydroxylation is 1. The van der Waals surface area contributed by atoms with Gasteiger partial charge in [0.05, 0.1) is 17.3 Å². The van der Waals surface area contributed by atoms with Crippen LogP contribution in [0.2, 0.25) is 0 Å². The van der Waals surface area contributed by atoms with Crippen LogP contribution in [0.15, 0.2) is 30.3 Å². The Morgan fingerprint density at radius 3 is 2.78 bits per heavy atom. The summed E-state index contributed by atoms with van der Waals surface area (Å²) in [6, 6.07) is 9.05. The number of aromatic carboxylic acids is 1. The van der Waals surface area contributed by atoms with Gasteiger partial charge in [-0.15, -0.1) is 0 Å². The van der Waals surface area contributed by atoms with Crippen molar-refractivity contribution in [1.29, 1.82) is 0 Å². The summed E-state index contributed by atoms with van der Waals surface area (Å²) in [6.45, 7) is 2.98. The molecule has 1 aromatic heterocycles. The Hall–Kier alpha value is -2.27. The van der Waals surface area contributed by atoms with Gasteiger partial charge in [-0.3, -0.25) is 4.90 Å². The van der Waals surface area contributed by atoms with E-state index in [1.165, 1.54) is 12.8 Å². The van der Waals surface area contributed by atoms with Crippen molar-refractivity contribution in [3.63, 3.8) is 0 Å². The van der Waals surface area contributed by atoms with Crippen LogP contribution in [0.4, 0.5) is 0 Å². The van der Waals surface area contributed by atoms with Gasteiger partial charge < -0.3 is 5.11 Å². The van der Waals surface area contributed by atoms with E-state index in [1.807, 2.05) is 19.1 Å². The molecule has 1 atom stereocenters. The molecule has 2 heterocycles. The molecule has 23 heavy (non-hydrogen) atoms. The first-order valence-corrected chi connectivity index (χ1v) is 7.95. The summed E-state index contributed by atoms with van der Waals surface area (Å²) in [5, 5.41) is 9.40. The molecule has 5 nitrogen and oxygen atoms in total. The summed E-state index contributed by atoms with van der Waals surface area (Å²) in [7, 11) is 2.10. The SMILES string of the molecule is Cc1cc(-c2ccccc2C(=O)O)nc(C2CCCCN2C)n1. The Labute approximate surface area is 136 Å². The third-order valence-electron chi connectivity index (χ3n) is 4.37. The zero-order chi connectivity index (χ0) is 16.4. The summed E-state index contributed by atoms with van der Waals surface area (Å²) in [5.74, 6) is -0.143. The van der Waals surface area contributed by atoms with Crippen LogP contribution in [-0.2, 0) is 0 Å². The van der Waals surface area contributed by atoms with Crippen LogP contribution < -0.4 is 0 Å². The van der Waals surface area contributed by atoms with Gasteiger partial charge in [-0.1, -0.05) is 24.6 Å². The lowest BCUT2D eigenvalue weighted by molar-refractivity contribution is 0.0697. The first kappa shape index (κ1) is 15.6. The number of piperidine rings is 1. The van der Waals surface area contributed by atoms with E-state index in [2.05, 4.69) is 16.9 Å². The second kappa shape index (κ2) is 6.46. The van der Waals surface area contributed by atoms with Crippen molar-refractivity contribution < 1.29 is 9.90 Å². The summed E-state index contributed by atoms with van der Waals surface area (Å²) >= 11 is 0. The smallest absolute Gasteiger partial charge is 0.336 e. The predicted octanol–water partition coefficient (Wildman–Crippen LogP) is 3.31. The lowest BCUT2D eigenvalue weighted by Crippen LogP contribution is -2.31. The number of hydrogen-bond donors (Lipinski definition) is 1. The summed E-state index contributed by atoms with van der Waals surface area (Å²) in [5.41, 5.74) is 2.47. The lowest BCUT2D eigenvalue weighted by Gasteiger charge is -2.31. The van der Waals surface area contributed by atoms with Gasteiger partial charge in [0, 0.05) is 11.3 Å². The minimum Gasteiger partial charge on any atom is -0.478 e. The Bertz CT molecular complexity index is 730. The van der Waals surface area contributed by atoms with Crippen LogP contribution in [0.5, 0.6) is 0 Å². The van der Waals surface area contributed by atoms with Gasteiger partial charge in [0.25, 0.3) is 0 Å². The number of likely N-dealkylation sites (tertiary alicyclic amines) is 1. The van der Waals surface area contributed by atoms with Crippen LogP contribution in [-0.4, -0.2) is 39.5 Å². The maximum atomic E-state index is 11.5. The minimum atomic E-state index is -0.937. The van der Waals surface area contributed by atoms with E-state index in [1.54, 1.807) is 18.2 Å². The predicted molar refractivity (Wildman–Crippen MR) is 88.4 cm³/mol. The van der Waals surface area contributed by atoms with Crippen molar-refractivity contribution in [3.8, 4) is 11.3 Å². The molecule has 0 spiro atoms. The second-order valence-electron chi connectivity index (χ2n) is 6.10. The zero-order valence-electron chi connectivity index (χ0n) is 13.5. The highest BCUT2D eigenvalue weighted by Gasteiger charge is 2.24. The van der Waals surface area contributed by atoms with Crippen LogP contribution in [0.3, 0.4) is 0 Å². The molecule has 1 fully saturated rings. The fourth-order valence-electron chi connectivity index (χ4n) is 3.17. The fourth-order valence-corrected chi connectivity index (χ4v) is 3.17. The van der Waals surface area contributed by atoms with Crippen LogP contribution in [0.25, 0.3) is 11.3 Å². The number of carboxylic acids is 1. The molecule has 1 unspecified atom stereocenters. The Morgan fingerprint density at radius 1 is 1.26 bits per heavy atom. The van der Waals surface area contributed by atoms with E-state index in [4.69, 9.17) is 4.98 Å². The molecule has 3 rings (SSSR count). The number of hydrogen-bond acceptors (Lipinski definition) is 4. The highest BCUT2D eigenvalue weighted by molar-refractivity contribution is 5.95. The average molecular weight is 311 g/mol. The van der Waals surface area contributed by atoms with Crippen molar-refractivity contribution in [2.75, 3.05) is 13.6 Å². The van der Waals surface area contributed by atoms with Crippen LogP contribution in [0, 0.1) is 6.92 Å². The molecule has 1 N–H and O–H groups in total. The lowest BCUT2D eigenvalue weighted by atomic mass is 10.0. The van der Waals surface area contributed by atoms with E-state index < -0.39 is 5.97 Å². The zero-order valence-corrected chi connectivity index (χ0v) is 13.5. The van der Waals surface area contributed by atoms with Crippen LogP contribution in [0.1, 0.15) is 47.2 Å². The first-order valence-electron chi connectivity index (χ1n) is 7.95. The third-order valence-corrected chi connectivity index (χ3v) is 4.37. The molecule has 0 aliphatic carbocycles. The molecule has 5 heteroatoms. The normalized spacial score (nSPS) is 18.8. The number of rotatable bonds is 3. The standard InChI is InChI=1S/C18H21N3O2/c1-12-11-15(13-7-3-4-8-14(13)18(22)23)20-17(19-12)16-9-5-6-10-21(16)2/h3-4,7-8,11,16H,5-6,9-10H2,1-2H3,(H,22,23). The van der Waals surface area contributed by atoms with E-state index >= 15 is 0 Å². The topological polar surface area (TPSA) is 66.3 Å². The molecule has 1 aliphatic rings. The quantitative estimate of drug-likeness (QED) is 0.942. The molecule has 0 saturated carbocycles. The molecule has 1 aliphatic heterocycles. The van der Waals surface area contributed by atoms with E-state index in [-0.39, 0.29) is 11.6 Å². The maximum Gasteiger partial charge on any atom is 0.336 e. The van der Waals surface area contributed by atoms with Gasteiger partial charge in [-0.2, -0.15) is 0 Å². The monoisotopic (exact) mass is 311 g/mol. The molecular formula is C18H21N3O2. The number of aromatic nitrogens is 2. The molecule has 0 radical (unpaired) electrons. The Morgan fingerprint density at radius 2 is 2.04 bits per heavy atom. The number of carboxylic acid groups (broad SMARTS) is 1. The maximum absolute atomic E-state index is 11.5. The highest BCUT2D eigenvalue weighted by Crippen LogP contribution is 2.30. The van der Waals surface area contributed by atoms with Crippen molar-refractivity contribution >= 4 is 5.97 Å². The van der Waals surface area contributed by atoms with Gasteiger partial charge in [0.2, 0.25) is 0 Å². The molecule has 120 valence electrons. The van der Waals surface area contributed by atoms with Gasteiger partial charge in [-0.05, 0) is 45.5 Å². The van der Waals surface area contributed by atoms with E-state index in [0.29, 0.717) is 11.3 Å². The Balaban J connectivity index is 2.06. The van der Waals surface area contributed by atoms with Crippen molar-refractivity contribution in [1.82, 2.24) is 14.9 Å². The molecular weight excluding hydrogens is 290 g/mol. The largest absolute Gasteiger partial charge is 0.478 e. The van der Waals surface area contributed by atoms with Crippen LogP contribution >= 0.6 is 0 Å². The summed E-state index contributed by atoms with van der Waals surface area (Å²) < 4.78 is 0.